The van der Waals surface area contributed by atoms with Gasteiger partial charge >= 0.3 is 0 Å². The molecule has 8 heteroatoms. The lowest BCUT2D eigenvalue weighted by molar-refractivity contribution is 0.430. The molecule has 0 spiro atoms. The Balaban J connectivity index is 1.80. The van der Waals surface area contributed by atoms with Crippen LogP contribution in [0.4, 0.5) is 5.88 Å². The smallest absolute Gasteiger partial charge is 0.264 e. The van der Waals surface area contributed by atoms with E-state index >= 15 is 0 Å². The second-order valence-electron chi connectivity index (χ2n) is 8.41. The largest absolute Gasteiger partial charge is 0.445 e. The van der Waals surface area contributed by atoms with E-state index in [1.807, 2.05) is 30.3 Å². The Labute approximate surface area is 199 Å². The molecule has 0 atom stereocenters. The van der Waals surface area contributed by atoms with E-state index in [-0.39, 0.29) is 10.8 Å². The zero-order chi connectivity index (χ0) is 24.3. The Kier molecular flexibility index (Phi) is 6.70. The summed E-state index contributed by atoms with van der Waals surface area (Å²) in [6, 6.07) is 12.7. The third-order valence-electron chi connectivity index (χ3n) is 5.49. The third kappa shape index (κ3) is 4.97. The van der Waals surface area contributed by atoms with E-state index in [0.29, 0.717) is 35.1 Å². The second kappa shape index (κ2) is 9.69. The maximum Gasteiger partial charge on any atom is 0.264 e. The number of aromatic nitrogens is 2. The summed E-state index contributed by atoms with van der Waals surface area (Å²) >= 11 is 0. The average molecular weight is 478 g/mol. The van der Waals surface area contributed by atoms with Gasteiger partial charge in [-0.2, -0.15) is 0 Å². The first-order valence-electron chi connectivity index (χ1n) is 11.0. The summed E-state index contributed by atoms with van der Waals surface area (Å²) in [5, 5.41) is 3.85. The lowest BCUT2D eigenvalue weighted by Gasteiger charge is -2.15. The van der Waals surface area contributed by atoms with Crippen molar-refractivity contribution in [2.45, 2.75) is 39.0 Å². The minimum Gasteiger partial charge on any atom is -0.445 e. The number of nitrogens with zero attached hydrogens (tertiary/aromatic N) is 2. The topological polar surface area (TPSA) is 98.2 Å². The Morgan fingerprint density at radius 2 is 1.88 bits per heavy atom. The van der Waals surface area contributed by atoms with Crippen LogP contribution in [0.2, 0.25) is 0 Å². The fourth-order valence-electron chi connectivity index (χ4n) is 3.60. The third-order valence-corrected chi connectivity index (χ3v) is 6.88. The highest BCUT2D eigenvalue weighted by Crippen LogP contribution is 2.34. The van der Waals surface area contributed by atoms with Crippen LogP contribution in [-0.2, 0) is 16.4 Å². The van der Waals surface area contributed by atoms with Crippen molar-refractivity contribution < 1.29 is 17.4 Å². The SMILES string of the molecule is Cc1noc(NS(=O)(=O)c2ccccc2-c2ccc(-c3ncco3)cc2C/C=C\C(C)C)c1C. The van der Waals surface area contributed by atoms with Crippen LogP contribution >= 0.6 is 0 Å². The van der Waals surface area contributed by atoms with Crippen molar-refractivity contribution in [3.63, 3.8) is 0 Å². The van der Waals surface area contributed by atoms with Gasteiger partial charge in [0.1, 0.15) is 6.26 Å². The van der Waals surface area contributed by atoms with Crippen molar-refractivity contribution in [3.8, 4) is 22.6 Å². The van der Waals surface area contributed by atoms with E-state index in [9.17, 15) is 8.42 Å². The first-order chi connectivity index (χ1) is 16.3. The number of hydrogen-bond donors (Lipinski definition) is 1. The van der Waals surface area contributed by atoms with Gasteiger partial charge in [0.25, 0.3) is 10.0 Å². The molecule has 0 aliphatic heterocycles. The van der Waals surface area contributed by atoms with E-state index < -0.39 is 10.0 Å². The molecule has 0 saturated carbocycles. The van der Waals surface area contributed by atoms with Crippen molar-refractivity contribution >= 4 is 15.9 Å². The van der Waals surface area contributed by atoms with Crippen molar-refractivity contribution in [2.24, 2.45) is 5.92 Å². The predicted molar refractivity (Wildman–Crippen MR) is 132 cm³/mol. The molecule has 0 aliphatic carbocycles. The summed E-state index contributed by atoms with van der Waals surface area (Å²) in [5.74, 6) is 1.04. The monoisotopic (exact) mass is 477 g/mol. The number of rotatable bonds is 8. The van der Waals surface area contributed by atoms with Gasteiger partial charge in [0.15, 0.2) is 0 Å². The highest BCUT2D eigenvalue weighted by molar-refractivity contribution is 7.92. The fraction of sp³-hybridized carbons (Fsp3) is 0.231. The van der Waals surface area contributed by atoms with E-state index in [4.69, 9.17) is 8.94 Å². The summed E-state index contributed by atoms with van der Waals surface area (Å²) in [6.45, 7) is 7.75. The van der Waals surface area contributed by atoms with Gasteiger partial charge in [0.05, 0.1) is 16.8 Å². The number of sulfonamides is 1. The van der Waals surface area contributed by atoms with Gasteiger partial charge in [-0.15, -0.1) is 0 Å². The van der Waals surface area contributed by atoms with Gasteiger partial charge in [0.2, 0.25) is 11.8 Å². The molecule has 0 unspecified atom stereocenters. The Morgan fingerprint density at radius 3 is 2.56 bits per heavy atom. The summed E-state index contributed by atoms with van der Waals surface area (Å²) in [5.41, 5.74) is 4.48. The second-order valence-corrected chi connectivity index (χ2v) is 10.1. The Bertz CT molecular complexity index is 1420. The molecule has 2 aromatic heterocycles. The normalized spacial score (nSPS) is 12.0. The quantitative estimate of drug-likeness (QED) is 0.305. The minimum absolute atomic E-state index is 0.117. The van der Waals surface area contributed by atoms with Gasteiger partial charge in [0, 0.05) is 16.7 Å². The van der Waals surface area contributed by atoms with Gasteiger partial charge in [-0.05, 0) is 55.5 Å². The van der Waals surface area contributed by atoms with E-state index in [0.717, 1.165) is 16.7 Å². The summed E-state index contributed by atoms with van der Waals surface area (Å²) < 4.78 is 40.0. The number of oxazole rings is 1. The molecule has 4 rings (SSSR count). The van der Waals surface area contributed by atoms with E-state index in [1.54, 1.807) is 32.2 Å². The molecular formula is C26H27N3O4S. The molecule has 2 heterocycles. The van der Waals surface area contributed by atoms with Crippen LogP contribution in [0, 0.1) is 19.8 Å². The van der Waals surface area contributed by atoms with E-state index in [1.165, 1.54) is 6.26 Å². The maximum atomic E-state index is 13.4. The van der Waals surface area contributed by atoms with E-state index in [2.05, 4.69) is 40.9 Å². The van der Waals surface area contributed by atoms with Gasteiger partial charge < -0.3 is 8.94 Å². The van der Waals surface area contributed by atoms with Crippen LogP contribution in [0.5, 0.6) is 0 Å². The molecule has 0 bridgehead atoms. The first-order valence-corrected chi connectivity index (χ1v) is 12.5. The fourth-order valence-corrected chi connectivity index (χ4v) is 4.87. The number of hydrogen-bond acceptors (Lipinski definition) is 6. The molecule has 0 aliphatic rings. The predicted octanol–water partition coefficient (Wildman–Crippen LogP) is 6.17. The first kappa shape index (κ1) is 23.5. The van der Waals surface area contributed by atoms with Crippen molar-refractivity contribution in [1.82, 2.24) is 10.1 Å². The average Bonchev–Trinajstić information content (AvgIpc) is 3.45. The highest BCUT2D eigenvalue weighted by atomic mass is 32.2. The summed E-state index contributed by atoms with van der Waals surface area (Å²) in [4.78, 5) is 4.40. The standard InChI is InChI=1S/C26H27N3O4S/c1-17(2)8-7-9-20-16-21(26-27-14-15-32-26)12-13-22(20)23-10-5-6-11-24(23)34(30,31)29-25-18(3)19(4)28-33-25/h5-8,10-17,29H,9H2,1-4H3/b8-7-. The minimum atomic E-state index is -3.94. The van der Waals surface area contributed by atoms with Gasteiger partial charge in [-0.3, -0.25) is 0 Å². The zero-order valence-corrected chi connectivity index (χ0v) is 20.4. The maximum absolute atomic E-state index is 13.4. The van der Waals surface area contributed by atoms with Gasteiger partial charge in [-0.1, -0.05) is 55.4 Å². The van der Waals surface area contributed by atoms with Crippen LogP contribution in [0.25, 0.3) is 22.6 Å². The van der Waals surface area contributed by atoms with Gasteiger partial charge in [-0.25, -0.2) is 18.1 Å². The number of nitrogens with one attached hydrogen (secondary N) is 1. The zero-order valence-electron chi connectivity index (χ0n) is 19.6. The lowest BCUT2D eigenvalue weighted by Crippen LogP contribution is -2.14. The van der Waals surface area contributed by atoms with Crippen molar-refractivity contribution in [2.75, 3.05) is 4.72 Å². The molecule has 34 heavy (non-hydrogen) atoms. The number of allylic oxidation sites excluding steroid dienone is 2. The van der Waals surface area contributed by atoms with Crippen molar-refractivity contribution in [3.05, 3.63) is 83.9 Å². The van der Waals surface area contributed by atoms with Crippen LogP contribution < -0.4 is 4.72 Å². The van der Waals surface area contributed by atoms with Crippen LogP contribution in [-0.4, -0.2) is 18.6 Å². The van der Waals surface area contributed by atoms with Crippen LogP contribution in [0.1, 0.15) is 30.7 Å². The molecule has 2 aromatic carbocycles. The molecular weight excluding hydrogens is 450 g/mol. The lowest BCUT2D eigenvalue weighted by atomic mass is 9.95. The Morgan fingerprint density at radius 1 is 1.09 bits per heavy atom. The Hall–Kier alpha value is -3.65. The molecule has 4 aromatic rings. The molecule has 1 N–H and O–H groups in total. The molecule has 176 valence electrons. The molecule has 0 fully saturated rings. The number of aryl methyl sites for hydroxylation is 1. The number of benzene rings is 2. The van der Waals surface area contributed by atoms with Crippen LogP contribution in [0.15, 0.2) is 80.9 Å². The molecule has 7 nitrogen and oxygen atoms in total. The molecule has 0 saturated heterocycles. The number of anilines is 1. The molecule has 0 radical (unpaired) electrons. The van der Waals surface area contributed by atoms with Crippen molar-refractivity contribution in [1.29, 1.82) is 0 Å². The summed E-state index contributed by atoms with van der Waals surface area (Å²) in [6.07, 6.45) is 7.98. The van der Waals surface area contributed by atoms with Crippen LogP contribution in [0.3, 0.4) is 0 Å². The summed E-state index contributed by atoms with van der Waals surface area (Å²) in [7, 11) is -3.94. The molecule has 0 amide bonds. The highest BCUT2D eigenvalue weighted by Gasteiger charge is 2.24.